The van der Waals surface area contributed by atoms with Crippen molar-refractivity contribution in [3.8, 4) is 11.1 Å². The monoisotopic (exact) mass is 349 g/mol. The minimum absolute atomic E-state index is 0.195. The molecule has 126 valence electrons. The highest BCUT2D eigenvalue weighted by atomic mass is 32.1. The minimum atomic E-state index is -0.290. The van der Waals surface area contributed by atoms with Gasteiger partial charge in [-0.2, -0.15) is 11.3 Å². The summed E-state index contributed by atoms with van der Waals surface area (Å²) in [5, 5.41) is 4.23. The lowest BCUT2D eigenvalue weighted by Gasteiger charge is -2.34. The van der Waals surface area contributed by atoms with Crippen LogP contribution in [0.3, 0.4) is 0 Å². The van der Waals surface area contributed by atoms with Crippen molar-refractivity contribution in [1.82, 2.24) is 14.5 Å². The molecule has 1 atom stereocenters. The average molecular weight is 349 g/mol. The lowest BCUT2D eigenvalue weighted by atomic mass is 9.99. The zero-order chi connectivity index (χ0) is 16.8. The molecule has 2 aliphatic rings. The SMILES string of the molecule is O=C1C(c2ccc(-c3ccsc3)cc2)n2cncc2CN1CC1CC1. The maximum atomic E-state index is 13.1. The van der Waals surface area contributed by atoms with Crippen LogP contribution in [0.4, 0.5) is 0 Å². The Kier molecular flexibility index (Phi) is 3.48. The molecule has 2 aromatic heterocycles. The first kappa shape index (κ1) is 14.9. The van der Waals surface area contributed by atoms with Crippen LogP contribution in [0.25, 0.3) is 11.1 Å². The van der Waals surface area contributed by atoms with Crippen molar-refractivity contribution in [2.24, 2.45) is 5.92 Å². The number of fused-ring (bicyclic) bond motifs is 1. The number of hydrogen-bond donors (Lipinski definition) is 0. The van der Waals surface area contributed by atoms with Gasteiger partial charge in [0, 0.05) is 12.7 Å². The largest absolute Gasteiger partial charge is 0.334 e. The van der Waals surface area contributed by atoms with Gasteiger partial charge in [-0.3, -0.25) is 4.79 Å². The van der Waals surface area contributed by atoms with E-state index in [2.05, 4.69) is 46.1 Å². The third-order valence-electron chi connectivity index (χ3n) is 5.18. The van der Waals surface area contributed by atoms with Gasteiger partial charge in [0.15, 0.2) is 0 Å². The van der Waals surface area contributed by atoms with Crippen LogP contribution in [0.2, 0.25) is 0 Å². The van der Waals surface area contributed by atoms with E-state index in [9.17, 15) is 4.79 Å². The van der Waals surface area contributed by atoms with Gasteiger partial charge in [0.05, 0.1) is 18.6 Å². The third-order valence-corrected chi connectivity index (χ3v) is 5.86. The molecule has 1 aliphatic carbocycles. The van der Waals surface area contributed by atoms with E-state index < -0.39 is 0 Å². The number of aromatic nitrogens is 2. The van der Waals surface area contributed by atoms with E-state index in [1.54, 1.807) is 17.7 Å². The van der Waals surface area contributed by atoms with E-state index in [0.29, 0.717) is 12.5 Å². The summed E-state index contributed by atoms with van der Waals surface area (Å²) in [5.41, 5.74) is 4.56. The smallest absolute Gasteiger partial charge is 0.250 e. The Morgan fingerprint density at radius 2 is 1.96 bits per heavy atom. The van der Waals surface area contributed by atoms with Gasteiger partial charge >= 0.3 is 0 Å². The van der Waals surface area contributed by atoms with Crippen molar-refractivity contribution in [2.75, 3.05) is 6.54 Å². The van der Waals surface area contributed by atoms with Crippen molar-refractivity contribution in [1.29, 1.82) is 0 Å². The van der Waals surface area contributed by atoms with Crippen LogP contribution in [0, 0.1) is 5.92 Å². The number of hydrogen-bond acceptors (Lipinski definition) is 3. The molecule has 1 aliphatic heterocycles. The maximum absolute atomic E-state index is 13.1. The second kappa shape index (κ2) is 5.85. The molecule has 3 heterocycles. The van der Waals surface area contributed by atoms with Crippen molar-refractivity contribution in [3.63, 3.8) is 0 Å². The van der Waals surface area contributed by atoms with E-state index in [1.807, 2.05) is 15.7 Å². The van der Waals surface area contributed by atoms with Crippen LogP contribution in [0.1, 0.15) is 30.1 Å². The van der Waals surface area contributed by atoms with Gasteiger partial charge in [-0.1, -0.05) is 24.3 Å². The van der Waals surface area contributed by atoms with Crippen molar-refractivity contribution in [2.45, 2.75) is 25.4 Å². The Morgan fingerprint density at radius 3 is 2.68 bits per heavy atom. The van der Waals surface area contributed by atoms with Crippen molar-refractivity contribution >= 4 is 17.2 Å². The zero-order valence-electron chi connectivity index (χ0n) is 13.8. The van der Waals surface area contributed by atoms with Crippen molar-refractivity contribution < 1.29 is 4.79 Å². The number of imidazole rings is 1. The highest BCUT2D eigenvalue weighted by Gasteiger charge is 2.36. The fourth-order valence-corrected chi connectivity index (χ4v) is 4.27. The standard InChI is InChI=1S/C20H19N3OS/c24-20-19(16-5-3-15(4-6-16)17-7-8-25-12-17)23-13-21-9-18(23)11-22(20)10-14-1-2-14/h3-9,12-14,19H,1-2,10-11H2. The summed E-state index contributed by atoms with van der Waals surface area (Å²) in [6.07, 6.45) is 6.18. The predicted molar refractivity (Wildman–Crippen MR) is 98.3 cm³/mol. The number of rotatable bonds is 4. The molecule has 0 spiro atoms. The molecular formula is C20H19N3OS. The van der Waals surface area contributed by atoms with Gasteiger partial charge in [-0.25, -0.2) is 4.98 Å². The molecule has 4 nitrogen and oxygen atoms in total. The average Bonchev–Trinajstić information content (AvgIpc) is 3.10. The van der Waals surface area contributed by atoms with Gasteiger partial charge in [0.2, 0.25) is 0 Å². The first-order valence-corrected chi connectivity index (χ1v) is 9.66. The highest BCUT2D eigenvalue weighted by molar-refractivity contribution is 7.08. The predicted octanol–water partition coefficient (Wildman–Crippen LogP) is 3.95. The van der Waals surface area contributed by atoms with Crippen LogP contribution < -0.4 is 0 Å². The maximum Gasteiger partial charge on any atom is 0.250 e. The Bertz CT molecular complexity index is 893. The molecule has 0 saturated heterocycles. The summed E-state index contributed by atoms with van der Waals surface area (Å²) in [5.74, 6) is 0.890. The number of carbonyl (C=O) groups is 1. The fraction of sp³-hybridized carbons (Fsp3) is 0.300. The summed E-state index contributed by atoms with van der Waals surface area (Å²) in [6, 6.07) is 10.2. The first-order valence-electron chi connectivity index (χ1n) is 8.71. The van der Waals surface area contributed by atoms with Gasteiger partial charge in [-0.05, 0) is 52.3 Å². The van der Waals surface area contributed by atoms with Crippen LogP contribution in [0.15, 0.2) is 53.6 Å². The summed E-state index contributed by atoms with van der Waals surface area (Å²) in [4.78, 5) is 19.4. The summed E-state index contributed by atoms with van der Waals surface area (Å²) >= 11 is 1.70. The second-order valence-electron chi connectivity index (χ2n) is 6.99. The van der Waals surface area contributed by atoms with Crippen molar-refractivity contribution in [3.05, 3.63) is 64.9 Å². The molecule has 25 heavy (non-hydrogen) atoms. The number of nitrogens with zero attached hydrogens (tertiary/aromatic N) is 3. The van der Waals surface area contributed by atoms with E-state index in [0.717, 1.165) is 17.8 Å². The molecule has 1 fully saturated rings. The summed E-state index contributed by atoms with van der Waals surface area (Å²) in [7, 11) is 0. The summed E-state index contributed by atoms with van der Waals surface area (Å²) < 4.78 is 2.03. The Labute approximate surface area is 150 Å². The molecule has 0 bridgehead atoms. The van der Waals surface area contributed by atoms with E-state index in [1.165, 1.54) is 24.0 Å². The molecule has 0 radical (unpaired) electrons. The second-order valence-corrected chi connectivity index (χ2v) is 7.77. The van der Waals surface area contributed by atoms with Gasteiger partial charge in [0.1, 0.15) is 6.04 Å². The number of thiophene rings is 1. The molecule has 1 amide bonds. The van der Waals surface area contributed by atoms with Crippen LogP contribution in [-0.4, -0.2) is 26.9 Å². The molecule has 3 aromatic rings. The lowest BCUT2D eigenvalue weighted by molar-refractivity contribution is -0.136. The number of carbonyl (C=O) groups excluding carboxylic acids is 1. The minimum Gasteiger partial charge on any atom is -0.334 e. The Morgan fingerprint density at radius 1 is 1.12 bits per heavy atom. The molecule has 1 aromatic carbocycles. The quantitative estimate of drug-likeness (QED) is 0.715. The first-order chi connectivity index (χ1) is 12.3. The number of benzene rings is 1. The van der Waals surface area contributed by atoms with E-state index in [4.69, 9.17) is 0 Å². The normalized spacial score (nSPS) is 19.9. The molecule has 1 saturated carbocycles. The van der Waals surface area contributed by atoms with Gasteiger partial charge in [0.25, 0.3) is 5.91 Å². The molecule has 1 unspecified atom stereocenters. The van der Waals surface area contributed by atoms with E-state index in [-0.39, 0.29) is 11.9 Å². The Hall–Kier alpha value is -2.40. The topological polar surface area (TPSA) is 38.1 Å². The third kappa shape index (κ3) is 2.68. The number of amides is 1. The zero-order valence-corrected chi connectivity index (χ0v) is 14.7. The Balaban J connectivity index is 1.49. The molecule has 0 N–H and O–H groups in total. The lowest BCUT2D eigenvalue weighted by Crippen LogP contribution is -2.43. The highest BCUT2D eigenvalue weighted by Crippen LogP contribution is 2.35. The summed E-state index contributed by atoms with van der Waals surface area (Å²) in [6.45, 7) is 1.56. The van der Waals surface area contributed by atoms with Crippen LogP contribution in [-0.2, 0) is 11.3 Å². The molecular weight excluding hydrogens is 330 g/mol. The van der Waals surface area contributed by atoms with Crippen LogP contribution >= 0.6 is 11.3 Å². The van der Waals surface area contributed by atoms with Crippen LogP contribution in [0.5, 0.6) is 0 Å². The fourth-order valence-electron chi connectivity index (χ4n) is 3.61. The molecule has 5 heteroatoms. The van der Waals surface area contributed by atoms with E-state index >= 15 is 0 Å². The molecule has 5 rings (SSSR count). The van der Waals surface area contributed by atoms with Gasteiger partial charge in [-0.15, -0.1) is 0 Å². The van der Waals surface area contributed by atoms with Gasteiger partial charge < -0.3 is 9.47 Å².